The molecule has 2 N–H and O–H groups in total. The van der Waals surface area contributed by atoms with Crippen molar-refractivity contribution in [1.29, 1.82) is 0 Å². The highest BCUT2D eigenvalue weighted by atomic mass is 16.6. The first-order valence-electron chi connectivity index (χ1n) is 4.75. The molecule has 0 unspecified atom stereocenters. The molecule has 1 aromatic carbocycles. The van der Waals surface area contributed by atoms with Crippen LogP contribution in [0.1, 0.15) is 11.1 Å². The van der Waals surface area contributed by atoms with Crippen LogP contribution in [0.2, 0.25) is 0 Å². The highest BCUT2D eigenvalue weighted by Gasteiger charge is 2.02. The number of aryl methyl sites for hydroxylation is 2. The number of nitrogens with one attached hydrogen (secondary N) is 1. The summed E-state index contributed by atoms with van der Waals surface area (Å²) in [4.78, 5) is 11.1. The van der Waals surface area contributed by atoms with Crippen molar-refractivity contribution in [3.8, 4) is 0 Å². The zero-order valence-electron chi connectivity index (χ0n) is 8.91. The number of aliphatic hydroxyl groups excluding tert-OH is 1. The summed E-state index contributed by atoms with van der Waals surface area (Å²) in [5.41, 5.74) is 2.97. The average molecular weight is 209 g/mol. The Morgan fingerprint density at radius 1 is 1.40 bits per heavy atom. The Kier molecular flexibility index (Phi) is 4.12. The number of carbonyl (C=O) groups excluding carboxylic acids is 1. The van der Waals surface area contributed by atoms with E-state index in [1.807, 2.05) is 32.0 Å². The fourth-order valence-electron chi connectivity index (χ4n) is 1.11. The van der Waals surface area contributed by atoms with E-state index < -0.39 is 6.09 Å². The second kappa shape index (κ2) is 5.36. The van der Waals surface area contributed by atoms with E-state index in [1.54, 1.807) is 0 Å². The van der Waals surface area contributed by atoms with Gasteiger partial charge in [0.1, 0.15) is 6.61 Å². The summed E-state index contributed by atoms with van der Waals surface area (Å²) in [6, 6.07) is 5.61. The molecular weight excluding hydrogens is 194 g/mol. The second-order valence-electron chi connectivity index (χ2n) is 3.28. The normalized spacial score (nSPS) is 9.80. The molecule has 0 saturated heterocycles. The van der Waals surface area contributed by atoms with Crippen LogP contribution in [-0.2, 0) is 4.74 Å². The molecule has 0 saturated carbocycles. The molecular formula is C11H15NO3. The van der Waals surface area contributed by atoms with Gasteiger partial charge in [-0.15, -0.1) is 0 Å². The average Bonchev–Trinajstić information content (AvgIpc) is 2.20. The fraction of sp³-hybridized carbons (Fsp3) is 0.364. The van der Waals surface area contributed by atoms with Gasteiger partial charge in [-0.25, -0.2) is 4.79 Å². The van der Waals surface area contributed by atoms with E-state index in [0.29, 0.717) is 5.69 Å². The van der Waals surface area contributed by atoms with Gasteiger partial charge >= 0.3 is 6.09 Å². The van der Waals surface area contributed by atoms with Crippen molar-refractivity contribution in [1.82, 2.24) is 0 Å². The minimum atomic E-state index is -0.549. The lowest BCUT2D eigenvalue weighted by molar-refractivity contribution is 0.131. The second-order valence-corrected chi connectivity index (χ2v) is 3.28. The summed E-state index contributed by atoms with van der Waals surface area (Å²) >= 11 is 0. The first-order chi connectivity index (χ1) is 7.13. The highest BCUT2D eigenvalue weighted by Crippen LogP contribution is 2.14. The maximum Gasteiger partial charge on any atom is 0.411 e. The Balaban J connectivity index is 2.57. The SMILES string of the molecule is Cc1ccc(NC(=O)OCCO)cc1C. The molecule has 0 aliphatic carbocycles. The van der Waals surface area contributed by atoms with Gasteiger partial charge in [0.25, 0.3) is 0 Å². The molecule has 0 aromatic heterocycles. The van der Waals surface area contributed by atoms with Crippen LogP contribution < -0.4 is 5.32 Å². The lowest BCUT2D eigenvalue weighted by atomic mass is 10.1. The summed E-state index contributed by atoms with van der Waals surface area (Å²) in [6.45, 7) is 3.82. The standard InChI is InChI=1S/C11H15NO3/c1-8-3-4-10(7-9(8)2)12-11(14)15-6-5-13/h3-4,7,13H,5-6H2,1-2H3,(H,12,14). The van der Waals surface area contributed by atoms with Crippen molar-refractivity contribution in [2.24, 2.45) is 0 Å². The Hall–Kier alpha value is -1.55. The zero-order chi connectivity index (χ0) is 11.3. The van der Waals surface area contributed by atoms with Gasteiger partial charge in [-0.1, -0.05) is 6.07 Å². The zero-order valence-corrected chi connectivity index (χ0v) is 8.91. The molecule has 15 heavy (non-hydrogen) atoms. The minimum Gasteiger partial charge on any atom is -0.447 e. The number of ether oxygens (including phenoxy) is 1. The number of anilines is 1. The lowest BCUT2D eigenvalue weighted by Crippen LogP contribution is -2.15. The summed E-state index contributed by atoms with van der Waals surface area (Å²) in [7, 11) is 0. The molecule has 0 spiro atoms. The number of amides is 1. The Labute approximate surface area is 88.9 Å². The number of rotatable bonds is 3. The molecule has 1 amide bonds. The summed E-state index contributed by atoms with van der Waals surface area (Å²) in [5, 5.41) is 11.0. The number of carbonyl (C=O) groups is 1. The molecule has 0 radical (unpaired) electrons. The smallest absolute Gasteiger partial charge is 0.411 e. The third-order valence-electron chi connectivity index (χ3n) is 2.08. The predicted octanol–water partition coefficient (Wildman–Crippen LogP) is 1.84. The molecule has 4 heteroatoms. The van der Waals surface area contributed by atoms with E-state index in [4.69, 9.17) is 5.11 Å². The minimum absolute atomic E-state index is 0.0106. The van der Waals surface area contributed by atoms with Crippen LogP contribution in [0.5, 0.6) is 0 Å². The molecule has 1 rings (SSSR count). The maximum atomic E-state index is 11.1. The van der Waals surface area contributed by atoms with Crippen LogP contribution in [0.4, 0.5) is 10.5 Å². The Morgan fingerprint density at radius 2 is 2.13 bits per heavy atom. The van der Waals surface area contributed by atoms with Gasteiger partial charge in [-0.3, -0.25) is 5.32 Å². The van der Waals surface area contributed by atoms with Crippen molar-refractivity contribution in [2.45, 2.75) is 13.8 Å². The first kappa shape index (κ1) is 11.5. The summed E-state index contributed by atoms with van der Waals surface area (Å²) in [6.07, 6.45) is -0.549. The van der Waals surface area contributed by atoms with Gasteiger partial charge in [-0.2, -0.15) is 0 Å². The van der Waals surface area contributed by atoms with Gasteiger partial charge in [0.2, 0.25) is 0 Å². The van der Waals surface area contributed by atoms with Gasteiger partial charge in [0, 0.05) is 5.69 Å². The van der Waals surface area contributed by atoms with Crippen LogP contribution in [0.25, 0.3) is 0 Å². The first-order valence-corrected chi connectivity index (χ1v) is 4.75. The van der Waals surface area contributed by atoms with Crippen LogP contribution in [0.15, 0.2) is 18.2 Å². The van der Waals surface area contributed by atoms with E-state index in [1.165, 1.54) is 5.56 Å². The van der Waals surface area contributed by atoms with Crippen LogP contribution in [0, 0.1) is 13.8 Å². The Bertz CT molecular complexity index is 350. The van der Waals surface area contributed by atoms with Crippen molar-refractivity contribution in [3.63, 3.8) is 0 Å². The molecule has 1 aromatic rings. The number of benzene rings is 1. The third-order valence-corrected chi connectivity index (χ3v) is 2.08. The molecule has 0 aliphatic heterocycles. The quantitative estimate of drug-likeness (QED) is 0.798. The molecule has 0 atom stereocenters. The van der Waals surface area contributed by atoms with E-state index in [0.717, 1.165) is 5.56 Å². The van der Waals surface area contributed by atoms with Crippen LogP contribution >= 0.6 is 0 Å². The number of hydrogen-bond donors (Lipinski definition) is 2. The van der Waals surface area contributed by atoms with Crippen LogP contribution in [-0.4, -0.2) is 24.4 Å². The summed E-state index contributed by atoms with van der Waals surface area (Å²) < 4.78 is 4.67. The van der Waals surface area contributed by atoms with Gasteiger partial charge in [0.05, 0.1) is 6.61 Å². The van der Waals surface area contributed by atoms with E-state index in [2.05, 4.69) is 10.1 Å². The van der Waals surface area contributed by atoms with E-state index >= 15 is 0 Å². The van der Waals surface area contributed by atoms with E-state index in [9.17, 15) is 4.79 Å². The molecule has 0 aliphatic rings. The van der Waals surface area contributed by atoms with Crippen LogP contribution in [0.3, 0.4) is 0 Å². The fourth-order valence-corrected chi connectivity index (χ4v) is 1.11. The van der Waals surface area contributed by atoms with Gasteiger partial charge in [-0.05, 0) is 37.1 Å². The monoisotopic (exact) mass is 209 g/mol. The highest BCUT2D eigenvalue weighted by molar-refractivity contribution is 5.84. The number of hydrogen-bond acceptors (Lipinski definition) is 3. The molecule has 0 bridgehead atoms. The van der Waals surface area contributed by atoms with Crippen molar-refractivity contribution in [2.75, 3.05) is 18.5 Å². The topological polar surface area (TPSA) is 58.6 Å². The molecule has 0 heterocycles. The lowest BCUT2D eigenvalue weighted by Gasteiger charge is -2.07. The Morgan fingerprint density at radius 3 is 2.73 bits per heavy atom. The molecule has 4 nitrogen and oxygen atoms in total. The van der Waals surface area contributed by atoms with Gasteiger partial charge in [0.15, 0.2) is 0 Å². The molecule has 82 valence electrons. The third kappa shape index (κ3) is 3.59. The predicted molar refractivity (Wildman–Crippen MR) is 58.0 cm³/mol. The van der Waals surface area contributed by atoms with Crippen molar-refractivity contribution in [3.05, 3.63) is 29.3 Å². The van der Waals surface area contributed by atoms with Gasteiger partial charge < -0.3 is 9.84 Å². The van der Waals surface area contributed by atoms with Crippen molar-refractivity contribution >= 4 is 11.8 Å². The van der Waals surface area contributed by atoms with E-state index in [-0.39, 0.29) is 13.2 Å². The van der Waals surface area contributed by atoms with Crippen molar-refractivity contribution < 1.29 is 14.6 Å². The maximum absolute atomic E-state index is 11.1. The largest absolute Gasteiger partial charge is 0.447 e. The molecule has 0 fully saturated rings. The summed E-state index contributed by atoms with van der Waals surface area (Å²) in [5.74, 6) is 0. The number of aliphatic hydroxyl groups is 1.